The summed E-state index contributed by atoms with van der Waals surface area (Å²) in [6.07, 6.45) is 0.195. The van der Waals surface area contributed by atoms with Gasteiger partial charge in [0.25, 0.3) is 0 Å². The Bertz CT molecular complexity index is 375. The van der Waals surface area contributed by atoms with Crippen molar-refractivity contribution in [3.05, 3.63) is 29.8 Å². The van der Waals surface area contributed by atoms with Gasteiger partial charge in [0.2, 0.25) is 0 Å². The normalized spacial score (nSPS) is 11.9. The van der Waals surface area contributed by atoms with E-state index in [4.69, 9.17) is 9.47 Å². The average Bonchev–Trinajstić information content (AvgIpc) is 2.30. The fraction of sp³-hybridized carbons (Fsp3) is 0.625. The number of hydrogen-bond donors (Lipinski definition) is 1. The number of rotatable bonds is 8. The molecule has 0 saturated carbocycles. The molecule has 0 unspecified atom stereocenters. The lowest BCUT2D eigenvalue weighted by Crippen LogP contribution is -2.37. The second-order valence-electron chi connectivity index (χ2n) is 5.57. The van der Waals surface area contributed by atoms with Crippen LogP contribution in [-0.4, -0.2) is 24.9 Å². The summed E-state index contributed by atoms with van der Waals surface area (Å²) < 4.78 is 11.5. The molecule has 108 valence electrons. The van der Waals surface area contributed by atoms with E-state index in [-0.39, 0.29) is 11.7 Å². The molecule has 0 amide bonds. The van der Waals surface area contributed by atoms with Gasteiger partial charge in [-0.1, -0.05) is 18.2 Å². The van der Waals surface area contributed by atoms with Crippen LogP contribution < -0.4 is 10.1 Å². The van der Waals surface area contributed by atoms with Gasteiger partial charge in [-0.2, -0.15) is 0 Å². The van der Waals surface area contributed by atoms with E-state index in [0.29, 0.717) is 0 Å². The van der Waals surface area contributed by atoms with E-state index < -0.39 is 0 Å². The summed E-state index contributed by atoms with van der Waals surface area (Å²) >= 11 is 0. The molecule has 0 radical (unpaired) electrons. The summed E-state index contributed by atoms with van der Waals surface area (Å²) in [6.45, 7) is 12.6. The topological polar surface area (TPSA) is 30.5 Å². The lowest BCUT2D eigenvalue weighted by molar-refractivity contribution is -0.00902. The highest BCUT2D eigenvalue weighted by Crippen LogP contribution is 2.19. The molecule has 1 aromatic rings. The van der Waals surface area contributed by atoms with Crippen molar-refractivity contribution in [1.82, 2.24) is 5.32 Å². The van der Waals surface area contributed by atoms with Crippen LogP contribution in [0.3, 0.4) is 0 Å². The minimum absolute atomic E-state index is 0.136. The Balaban J connectivity index is 2.53. The molecule has 0 aliphatic carbocycles. The molecule has 1 aromatic carbocycles. The van der Waals surface area contributed by atoms with Crippen molar-refractivity contribution in [1.29, 1.82) is 0 Å². The third kappa shape index (κ3) is 6.08. The third-order valence-electron chi connectivity index (χ3n) is 2.74. The van der Waals surface area contributed by atoms with Crippen LogP contribution in [0.2, 0.25) is 0 Å². The second-order valence-corrected chi connectivity index (χ2v) is 5.57. The van der Waals surface area contributed by atoms with Crippen LogP contribution in [0.4, 0.5) is 0 Å². The van der Waals surface area contributed by atoms with E-state index >= 15 is 0 Å². The van der Waals surface area contributed by atoms with Crippen molar-refractivity contribution in [2.24, 2.45) is 0 Å². The zero-order valence-electron chi connectivity index (χ0n) is 12.8. The maximum absolute atomic E-state index is 5.80. The molecule has 0 atom stereocenters. The van der Waals surface area contributed by atoms with Crippen molar-refractivity contribution in [3.8, 4) is 5.75 Å². The molecule has 0 fully saturated rings. The number of ether oxygens (including phenoxy) is 2. The summed E-state index contributed by atoms with van der Waals surface area (Å²) in [7, 11) is 0. The van der Waals surface area contributed by atoms with Gasteiger partial charge in [-0.05, 0) is 40.7 Å². The first kappa shape index (κ1) is 16.0. The zero-order chi connectivity index (χ0) is 14.3. The monoisotopic (exact) mass is 265 g/mol. The summed E-state index contributed by atoms with van der Waals surface area (Å²) in [5, 5.41) is 3.44. The predicted molar refractivity (Wildman–Crippen MR) is 79.6 cm³/mol. The number of para-hydroxylation sites is 1. The van der Waals surface area contributed by atoms with E-state index in [0.717, 1.165) is 25.4 Å². The molecule has 0 heterocycles. The predicted octanol–water partition coefficient (Wildman–Crippen LogP) is 3.38. The van der Waals surface area contributed by atoms with Gasteiger partial charge < -0.3 is 14.8 Å². The van der Waals surface area contributed by atoms with Crippen molar-refractivity contribution in [3.63, 3.8) is 0 Å². The molecule has 1 rings (SSSR count). The first-order chi connectivity index (χ1) is 8.94. The van der Waals surface area contributed by atoms with E-state index in [9.17, 15) is 0 Å². The Morgan fingerprint density at radius 3 is 2.53 bits per heavy atom. The Morgan fingerprint density at radius 1 is 1.21 bits per heavy atom. The van der Waals surface area contributed by atoms with Crippen molar-refractivity contribution in [2.75, 3.05) is 13.2 Å². The van der Waals surface area contributed by atoms with E-state index in [1.54, 1.807) is 0 Å². The number of hydrogen-bond acceptors (Lipinski definition) is 3. The summed E-state index contributed by atoms with van der Waals surface area (Å²) in [6, 6.07) is 8.16. The molecule has 3 heteroatoms. The Kier molecular flexibility index (Phi) is 6.32. The van der Waals surface area contributed by atoms with Crippen LogP contribution in [0.25, 0.3) is 0 Å². The Morgan fingerprint density at radius 2 is 1.89 bits per heavy atom. The Labute approximate surface area is 117 Å². The quantitative estimate of drug-likeness (QED) is 0.781. The van der Waals surface area contributed by atoms with Gasteiger partial charge in [0.05, 0.1) is 11.7 Å². The fourth-order valence-corrected chi connectivity index (χ4v) is 1.96. The average molecular weight is 265 g/mol. The summed E-state index contributed by atoms with van der Waals surface area (Å²) in [5.41, 5.74) is 1.05. The second kappa shape index (κ2) is 7.51. The molecule has 3 nitrogen and oxygen atoms in total. The smallest absolute Gasteiger partial charge is 0.124 e. The molecule has 19 heavy (non-hydrogen) atoms. The third-order valence-corrected chi connectivity index (χ3v) is 2.74. The molecular formula is C16H27NO2. The minimum Gasteiger partial charge on any atom is -0.491 e. The molecule has 0 spiro atoms. The summed E-state index contributed by atoms with van der Waals surface area (Å²) in [4.78, 5) is 0. The van der Waals surface area contributed by atoms with Crippen LogP contribution in [0, 0.1) is 0 Å². The summed E-state index contributed by atoms with van der Waals surface area (Å²) in [5.74, 6) is 0.958. The van der Waals surface area contributed by atoms with Crippen molar-refractivity contribution in [2.45, 2.75) is 52.9 Å². The van der Waals surface area contributed by atoms with Gasteiger partial charge in [0, 0.05) is 25.3 Å². The zero-order valence-corrected chi connectivity index (χ0v) is 12.8. The molecule has 0 aromatic heterocycles. The first-order valence-corrected chi connectivity index (χ1v) is 7.04. The highest BCUT2D eigenvalue weighted by Gasteiger charge is 2.17. The molecule has 0 bridgehead atoms. The standard InChI is InChI=1S/C16H27NO2/c1-6-18-16(4,5)12-17-11-14-9-7-8-10-15(14)19-13(2)3/h7-10,13,17H,6,11-12H2,1-5H3. The fourth-order valence-electron chi connectivity index (χ4n) is 1.96. The van der Waals surface area contributed by atoms with Gasteiger partial charge in [-0.25, -0.2) is 0 Å². The minimum atomic E-state index is -0.136. The molecule has 1 N–H and O–H groups in total. The lowest BCUT2D eigenvalue weighted by Gasteiger charge is -2.25. The van der Waals surface area contributed by atoms with E-state index in [1.807, 2.05) is 39.0 Å². The van der Waals surface area contributed by atoms with Gasteiger partial charge in [0.1, 0.15) is 5.75 Å². The first-order valence-electron chi connectivity index (χ1n) is 7.04. The Hall–Kier alpha value is -1.06. The van der Waals surface area contributed by atoms with Crippen LogP contribution in [0.15, 0.2) is 24.3 Å². The highest BCUT2D eigenvalue weighted by molar-refractivity contribution is 5.33. The van der Waals surface area contributed by atoms with Crippen LogP contribution in [0.1, 0.15) is 40.2 Å². The van der Waals surface area contributed by atoms with Crippen LogP contribution in [0.5, 0.6) is 5.75 Å². The molecular weight excluding hydrogens is 238 g/mol. The number of nitrogens with one attached hydrogen (secondary N) is 1. The van der Waals surface area contributed by atoms with Crippen LogP contribution >= 0.6 is 0 Å². The van der Waals surface area contributed by atoms with E-state index in [1.165, 1.54) is 5.56 Å². The maximum atomic E-state index is 5.80. The highest BCUT2D eigenvalue weighted by atomic mass is 16.5. The van der Waals surface area contributed by atoms with E-state index in [2.05, 4.69) is 25.2 Å². The molecule has 0 saturated heterocycles. The van der Waals surface area contributed by atoms with Gasteiger partial charge in [0.15, 0.2) is 0 Å². The van der Waals surface area contributed by atoms with Crippen molar-refractivity contribution >= 4 is 0 Å². The van der Waals surface area contributed by atoms with Gasteiger partial charge in [-0.15, -0.1) is 0 Å². The lowest BCUT2D eigenvalue weighted by atomic mass is 10.1. The van der Waals surface area contributed by atoms with Gasteiger partial charge in [-0.3, -0.25) is 0 Å². The van der Waals surface area contributed by atoms with Gasteiger partial charge >= 0.3 is 0 Å². The van der Waals surface area contributed by atoms with Crippen molar-refractivity contribution < 1.29 is 9.47 Å². The number of benzene rings is 1. The largest absolute Gasteiger partial charge is 0.491 e. The molecule has 0 aliphatic rings. The van der Waals surface area contributed by atoms with Crippen LogP contribution in [-0.2, 0) is 11.3 Å². The SMILES string of the molecule is CCOC(C)(C)CNCc1ccccc1OC(C)C. The molecule has 0 aliphatic heterocycles. The maximum Gasteiger partial charge on any atom is 0.124 e.